The maximum absolute atomic E-state index is 4.12. The molecule has 4 heteroatoms. The molecule has 0 aliphatic rings. The summed E-state index contributed by atoms with van der Waals surface area (Å²) in [4.78, 5) is 10.2. The number of aromatic nitrogens is 2. The van der Waals surface area contributed by atoms with Crippen LogP contribution in [0.2, 0.25) is 0 Å². The van der Waals surface area contributed by atoms with Gasteiger partial charge in [-0.05, 0) is 22.9 Å². The van der Waals surface area contributed by atoms with Crippen molar-refractivity contribution in [3.05, 3.63) is 16.9 Å². The molecule has 0 unspecified atom stereocenters. The number of rotatable bonds is 2. The largest absolute Gasteiger partial charge is 0.344 e. The van der Waals surface area contributed by atoms with E-state index in [0.717, 1.165) is 17.0 Å². The van der Waals surface area contributed by atoms with Gasteiger partial charge in [0, 0.05) is 26.0 Å². The fourth-order valence-electron chi connectivity index (χ4n) is 0.644. The molecule has 0 aliphatic heterocycles. The molecule has 0 saturated carbocycles. The minimum absolute atomic E-state index is 0.760. The molecule has 1 aromatic rings. The molecule has 1 heterocycles. The van der Waals surface area contributed by atoms with Gasteiger partial charge < -0.3 is 4.90 Å². The minimum atomic E-state index is 0.760. The molecular weight excluding hydrogens is 206 g/mol. The van der Waals surface area contributed by atoms with E-state index in [1.807, 2.05) is 11.9 Å². The molecule has 0 saturated heterocycles. The van der Waals surface area contributed by atoms with E-state index in [0.29, 0.717) is 0 Å². The van der Waals surface area contributed by atoms with Crippen molar-refractivity contribution in [2.75, 3.05) is 18.5 Å². The molecular formula is C7H10BrN3. The summed E-state index contributed by atoms with van der Waals surface area (Å²) in [5.74, 6) is 0.760. The van der Waals surface area contributed by atoms with E-state index in [9.17, 15) is 0 Å². The van der Waals surface area contributed by atoms with Gasteiger partial charge in [-0.3, -0.25) is 0 Å². The van der Waals surface area contributed by atoms with E-state index in [1.165, 1.54) is 0 Å². The lowest BCUT2D eigenvalue weighted by Crippen LogP contribution is -2.18. The zero-order chi connectivity index (χ0) is 8.27. The predicted octanol–water partition coefficient (Wildman–Crippen LogP) is 1.70. The number of halogens is 1. The monoisotopic (exact) mass is 215 g/mol. The molecule has 0 atom stereocenters. The van der Waals surface area contributed by atoms with Gasteiger partial charge in [0.2, 0.25) is 5.95 Å². The highest BCUT2D eigenvalue weighted by Crippen LogP contribution is 2.08. The number of anilines is 1. The third kappa shape index (κ3) is 2.15. The highest BCUT2D eigenvalue weighted by atomic mass is 79.9. The minimum Gasteiger partial charge on any atom is -0.344 e. The van der Waals surface area contributed by atoms with E-state index < -0.39 is 0 Å². The van der Waals surface area contributed by atoms with Crippen LogP contribution in [0.15, 0.2) is 16.9 Å². The zero-order valence-corrected chi connectivity index (χ0v) is 8.17. The smallest absolute Gasteiger partial charge is 0.225 e. The van der Waals surface area contributed by atoms with Crippen molar-refractivity contribution in [2.24, 2.45) is 0 Å². The molecule has 0 aromatic carbocycles. The van der Waals surface area contributed by atoms with Crippen molar-refractivity contribution < 1.29 is 0 Å². The van der Waals surface area contributed by atoms with Crippen molar-refractivity contribution in [1.82, 2.24) is 9.97 Å². The Bertz CT molecular complexity index is 222. The molecule has 11 heavy (non-hydrogen) atoms. The van der Waals surface area contributed by atoms with Crippen molar-refractivity contribution in [3.63, 3.8) is 0 Å². The molecule has 0 N–H and O–H groups in total. The molecule has 0 aliphatic carbocycles. The SMILES string of the molecule is CCN(C)c1ncc(Br)cn1. The molecule has 0 radical (unpaired) electrons. The van der Waals surface area contributed by atoms with Gasteiger partial charge >= 0.3 is 0 Å². The van der Waals surface area contributed by atoms with Crippen LogP contribution in [0.1, 0.15) is 6.92 Å². The van der Waals surface area contributed by atoms with Crippen molar-refractivity contribution in [1.29, 1.82) is 0 Å². The van der Waals surface area contributed by atoms with Gasteiger partial charge in [0.1, 0.15) is 0 Å². The second-order valence-electron chi connectivity index (χ2n) is 2.22. The summed E-state index contributed by atoms with van der Waals surface area (Å²) >= 11 is 3.27. The van der Waals surface area contributed by atoms with Gasteiger partial charge in [-0.25, -0.2) is 9.97 Å². The maximum atomic E-state index is 4.12. The van der Waals surface area contributed by atoms with E-state index in [-0.39, 0.29) is 0 Å². The molecule has 0 spiro atoms. The van der Waals surface area contributed by atoms with Crippen LogP contribution in [0.4, 0.5) is 5.95 Å². The van der Waals surface area contributed by atoms with E-state index in [1.54, 1.807) is 12.4 Å². The summed E-state index contributed by atoms with van der Waals surface area (Å²) in [7, 11) is 1.96. The van der Waals surface area contributed by atoms with Crippen LogP contribution in [-0.2, 0) is 0 Å². The Morgan fingerprint density at radius 3 is 2.45 bits per heavy atom. The Morgan fingerprint density at radius 2 is 2.00 bits per heavy atom. The molecule has 0 bridgehead atoms. The van der Waals surface area contributed by atoms with E-state index in [2.05, 4.69) is 32.8 Å². The Balaban J connectivity index is 2.81. The van der Waals surface area contributed by atoms with Crippen molar-refractivity contribution >= 4 is 21.9 Å². The van der Waals surface area contributed by atoms with Gasteiger partial charge in [0.25, 0.3) is 0 Å². The highest BCUT2D eigenvalue weighted by Gasteiger charge is 1.98. The first-order valence-electron chi connectivity index (χ1n) is 3.42. The average Bonchev–Trinajstić information content (AvgIpc) is 2.05. The van der Waals surface area contributed by atoms with Gasteiger partial charge in [-0.1, -0.05) is 0 Å². The molecule has 60 valence electrons. The van der Waals surface area contributed by atoms with Gasteiger partial charge in [-0.15, -0.1) is 0 Å². The van der Waals surface area contributed by atoms with Crippen molar-refractivity contribution in [2.45, 2.75) is 6.92 Å². The second-order valence-corrected chi connectivity index (χ2v) is 3.13. The first kappa shape index (κ1) is 8.46. The predicted molar refractivity (Wildman–Crippen MR) is 48.7 cm³/mol. The third-order valence-corrected chi connectivity index (χ3v) is 1.83. The maximum Gasteiger partial charge on any atom is 0.225 e. The summed E-state index contributed by atoms with van der Waals surface area (Å²) in [6.07, 6.45) is 3.49. The van der Waals surface area contributed by atoms with Gasteiger partial charge in [0.15, 0.2) is 0 Å². The number of nitrogens with zero attached hydrogens (tertiary/aromatic N) is 3. The van der Waals surface area contributed by atoms with Crippen LogP contribution in [0.3, 0.4) is 0 Å². The van der Waals surface area contributed by atoms with Crippen LogP contribution in [-0.4, -0.2) is 23.6 Å². The highest BCUT2D eigenvalue weighted by molar-refractivity contribution is 9.10. The van der Waals surface area contributed by atoms with Crippen LogP contribution in [0.25, 0.3) is 0 Å². The lowest BCUT2D eigenvalue weighted by Gasteiger charge is -2.12. The molecule has 1 rings (SSSR count). The lowest BCUT2D eigenvalue weighted by molar-refractivity contribution is 0.899. The second kappa shape index (κ2) is 3.67. The normalized spacial score (nSPS) is 9.73. The molecule has 1 aromatic heterocycles. The first-order valence-corrected chi connectivity index (χ1v) is 4.22. The van der Waals surface area contributed by atoms with Gasteiger partial charge in [-0.2, -0.15) is 0 Å². The summed E-state index contributed by atoms with van der Waals surface area (Å²) in [5.41, 5.74) is 0. The standard InChI is InChI=1S/C7H10BrN3/c1-3-11(2)7-9-4-6(8)5-10-7/h4-5H,3H2,1-2H3. The van der Waals surface area contributed by atoms with Crippen molar-refractivity contribution in [3.8, 4) is 0 Å². The Hall–Kier alpha value is -0.640. The summed E-state index contributed by atoms with van der Waals surface area (Å²) in [6.45, 7) is 2.98. The topological polar surface area (TPSA) is 29.0 Å². The van der Waals surface area contributed by atoms with Crippen LogP contribution in [0.5, 0.6) is 0 Å². The quantitative estimate of drug-likeness (QED) is 0.753. The molecule has 3 nitrogen and oxygen atoms in total. The summed E-state index contributed by atoms with van der Waals surface area (Å²) in [5, 5.41) is 0. The van der Waals surface area contributed by atoms with Crippen LogP contribution >= 0.6 is 15.9 Å². The van der Waals surface area contributed by atoms with E-state index in [4.69, 9.17) is 0 Å². The van der Waals surface area contributed by atoms with E-state index >= 15 is 0 Å². The van der Waals surface area contributed by atoms with Crippen LogP contribution in [0, 0.1) is 0 Å². The lowest BCUT2D eigenvalue weighted by atomic mass is 10.6. The molecule has 0 fully saturated rings. The summed E-state index contributed by atoms with van der Waals surface area (Å²) < 4.78 is 0.908. The number of hydrogen-bond acceptors (Lipinski definition) is 3. The zero-order valence-electron chi connectivity index (χ0n) is 6.58. The average molecular weight is 216 g/mol. The number of hydrogen-bond donors (Lipinski definition) is 0. The Morgan fingerprint density at radius 1 is 1.45 bits per heavy atom. The Labute approximate surface area is 74.6 Å². The molecule has 0 amide bonds. The Kier molecular flexibility index (Phi) is 2.82. The third-order valence-electron chi connectivity index (χ3n) is 1.42. The van der Waals surface area contributed by atoms with Gasteiger partial charge in [0.05, 0.1) is 4.47 Å². The first-order chi connectivity index (χ1) is 5.24. The fraction of sp³-hybridized carbons (Fsp3) is 0.429. The van der Waals surface area contributed by atoms with Crippen LogP contribution < -0.4 is 4.90 Å². The fourth-order valence-corrected chi connectivity index (χ4v) is 0.849. The summed E-state index contributed by atoms with van der Waals surface area (Å²) in [6, 6.07) is 0.